The smallest absolute Gasteiger partial charge is 0.230 e. The number of hydrogen-bond acceptors (Lipinski definition) is 3. The van der Waals surface area contributed by atoms with Gasteiger partial charge in [-0.25, -0.2) is 8.42 Å². The number of sulfone groups is 1. The second-order valence-corrected chi connectivity index (χ2v) is 9.09. The van der Waals surface area contributed by atoms with Crippen LogP contribution in [0.25, 0.3) is 0 Å². The first-order valence-corrected chi connectivity index (χ1v) is 10.5. The van der Waals surface area contributed by atoms with Crippen molar-refractivity contribution in [3.05, 3.63) is 40.2 Å². The quantitative estimate of drug-likeness (QED) is 0.781. The monoisotopic (exact) mass is 397 g/mol. The lowest BCUT2D eigenvalue weighted by molar-refractivity contribution is -0.123. The number of anilines is 1. The van der Waals surface area contributed by atoms with E-state index in [9.17, 15) is 13.2 Å². The van der Waals surface area contributed by atoms with E-state index in [1.54, 1.807) is 11.0 Å². The molecule has 1 amide bonds. The minimum Gasteiger partial charge on any atom is -0.304 e. The zero-order chi connectivity index (χ0) is 16.4. The lowest BCUT2D eigenvalue weighted by atomic mass is 9.88. The summed E-state index contributed by atoms with van der Waals surface area (Å²) in [5.74, 6) is 0.0320. The SMILES string of the molecule is O=C(C1CCCCC1)N(c1ccc(Br)cc1)[C@@H]1C=CS(=O)(=O)C1. The summed E-state index contributed by atoms with van der Waals surface area (Å²) in [4.78, 5) is 14.8. The summed E-state index contributed by atoms with van der Waals surface area (Å²) in [7, 11) is -3.20. The van der Waals surface area contributed by atoms with Crippen LogP contribution in [0.5, 0.6) is 0 Å². The van der Waals surface area contributed by atoms with Crippen LogP contribution in [-0.2, 0) is 14.6 Å². The minimum atomic E-state index is -3.20. The van der Waals surface area contributed by atoms with Gasteiger partial charge in [0.15, 0.2) is 9.84 Å². The Labute approximate surface area is 145 Å². The molecule has 3 rings (SSSR count). The zero-order valence-corrected chi connectivity index (χ0v) is 15.2. The topological polar surface area (TPSA) is 54.5 Å². The van der Waals surface area contributed by atoms with Gasteiger partial charge in [-0.15, -0.1) is 0 Å². The van der Waals surface area contributed by atoms with Crippen molar-refractivity contribution in [1.82, 2.24) is 0 Å². The molecule has 0 N–H and O–H groups in total. The van der Waals surface area contributed by atoms with Gasteiger partial charge < -0.3 is 4.90 Å². The van der Waals surface area contributed by atoms with Crippen LogP contribution >= 0.6 is 15.9 Å². The van der Waals surface area contributed by atoms with Crippen molar-refractivity contribution in [1.29, 1.82) is 0 Å². The fourth-order valence-corrected chi connectivity index (χ4v) is 4.88. The Bertz CT molecular complexity index is 706. The third-order valence-corrected chi connectivity index (χ3v) is 6.45. The molecule has 0 radical (unpaired) electrons. The highest BCUT2D eigenvalue weighted by atomic mass is 79.9. The first kappa shape index (κ1) is 16.7. The molecule has 23 heavy (non-hydrogen) atoms. The van der Waals surface area contributed by atoms with E-state index in [0.29, 0.717) is 0 Å². The molecule has 1 saturated carbocycles. The number of hydrogen-bond donors (Lipinski definition) is 0. The van der Waals surface area contributed by atoms with E-state index >= 15 is 0 Å². The van der Waals surface area contributed by atoms with Crippen molar-refractivity contribution in [3.8, 4) is 0 Å². The minimum absolute atomic E-state index is 0.00380. The molecule has 2 aliphatic rings. The third kappa shape index (κ3) is 3.86. The summed E-state index contributed by atoms with van der Waals surface area (Å²) in [5.41, 5.74) is 0.760. The number of carbonyl (C=O) groups is 1. The maximum atomic E-state index is 13.1. The van der Waals surface area contributed by atoms with E-state index in [1.165, 1.54) is 11.8 Å². The van der Waals surface area contributed by atoms with Gasteiger partial charge in [0, 0.05) is 21.5 Å². The van der Waals surface area contributed by atoms with E-state index in [-0.39, 0.29) is 17.6 Å². The van der Waals surface area contributed by atoms with E-state index < -0.39 is 15.9 Å². The fourth-order valence-electron chi connectivity index (χ4n) is 3.35. The predicted molar refractivity (Wildman–Crippen MR) is 94.9 cm³/mol. The maximum absolute atomic E-state index is 13.1. The average Bonchev–Trinajstić information content (AvgIpc) is 2.90. The summed E-state index contributed by atoms with van der Waals surface area (Å²) in [6.07, 6.45) is 6.76. The summed E-state index contributed by atoms with van der Waals surface area (Å²) in [5, 5.41) is 1.23. The number of carbonyl (C=O) groups excluding carboxylic acids is 1. The fraction of sp³-hybridized carbons (Fsp3) is 0.471. The molecule has 1 fully saturated rings. The predicted octanol–water partition coefficient (Wildman–Crippen LogP) is 3.67. The Balaban J connectivity index is 1.91. The van der Waals surface area contributed by atoms with E-state index in [1.807, 2.05) is 24.3 Å². The summed E-state index contributed by atoms with van der Waals surface area (Å²) < 4.78 is 24.5. The molecule has 1 aliphatic carbocycles. The summed E-state index contributed by atoms with van der Waals surface area (Å²) in [6.45, 7) is 0. The first-order chi connectivity index (χ1) is 11.0. The Morgan fingerprint density at radius 3 is 2.30 bits per heavy atom. The molecule has 124 valence electrons. The molecule has 1 atom stereocenters. The van der Waals surface area contributed by atoms with Crippen molar-refractivity contribution >= 4 is 37.4 Å². The van der Waals surface area contributed by atoms with Gasteiger partial charge in [-0.05, 0) is 43.2 Å². The molecule has 4 nitrogen and oxygen atoms in total. The van der Waals surface area contributed by atoms with Crippen LogP contribution in [0.15, 0.2) is 40.2 Å². The summed E-state index contributed by atoms with van der Waals surface area (Å²) in [6, 6.07) is 7.08. The molecule has 1 aromatic carbocycles. The Morgan fingerprint density at radius 1 is 1.09 bits per heavy atom. The van der Waals surface area contributed by atoms with Gasteiger partial charge in [-0.2, -0.15) is 0 Å². The van der Waals surface area contributed by atoms with Crippen molar-refractivity contribution in [3.63, 3.8) is 0 Å². The van der Waals surface area contributed by atoms with Crippen LogP contribution in [-0.4, -0.2) is 26.1 Å². The van der Waals surface area contributed by atoms with E-state index in [2.05, 4.69) is 15.9 Å². The van der Waals surface area contributed by atoms with Crippen molar-refractivity contribution < 1.29 is 13.2 Å². The van der Waals surface area contributed by atoms with Gasteiger partial charge in [0.1, 0.15) is 0 Å². The largest absolute Gasteiger partial charge is 0.304 e. The number of benzene rings is 1. The highest BCUT2D eigenvalue weighted by molar-refractivity contribution is 9.10. The maximum Gasteiger partial charge on any atom is 0.230 e. The lowest BCUT2D eigenvalue weighted by Gasteiger charge is -2.32. The van der Waals surface area contributed by atoms with Crippen molar-refractivity contribution in [2.75, 3.05) is 10.7 Å². The molecular formula is C17H20BrNO3S. The third-order valence-electron chi connectivity index (χ3n) is 4.54. The standard InChI is InChI=1S/C17H20BrNO3S/c18-14-6-8-15(9-7-14)19(16-10-11-23(21,22)12-16)17(20)13-4-2-1-3-5-13/h6-11,13,16H,1-5,12H2/t16-/m1/s1. The number of rotatable bonds is 3. The van der Waals surface area contributed by atoms with Crippen LogP contribution in [0, 0.1) is 5.92 Å². The zero-order valence-electron chi connectivity index (χ0n) is 12.8. The molecule has 0 unspecified atom stereocenters. The van der Waals surface area contributed by atoms with E-state index in [4.69, 9.17) is 0 Å². The highest BCUT2D eigenvalue weighted by Crippen LogP contribution is 2.31. The van der Waals surface area contributed by atoms with Gasteiger partial charge in [-0.1, -0.05) is 35.2 Å². The van der Waals surface area contributed by atoms with Crippen molar-refractivity contribution in [2.24, 2.45) is 5.92 Å². The Morgan fingerprint density at radius 2 is 1.74 bits per heavy atom. The van der Waals surface area contributed by atoms with Crippen LogP contribution in [0.1, 0.15) is 32.1 Å². The normalized spacial score (nSPS) is 23.8. The van der Waals surface area contributed by atoms with Gasteiger partial charge in [0.05, 0.1) is 11.8 Å². The molecular weight excluding hydrogens is 378 g/mol. The second-order valence-electron chi connectivity index (χ2n) is 6.24. The number of nitrogens with zero attached hydrogens (tertiary/aromatic N) is 1. The molecule has 0 bridgehead atoms. The molecule has 1 aliphatic heterocycles. The number of halogens is 1. The van der Waals surface area contributed by atoms with Gasteiger partial charge in [0.25, 0.3) is 0 Å². The van der Waals surface area contributed by atoms with Crippen LogP contribution in [0.4, 0.5) is 5.69 Å². The van der Waals surface area contributed by atoms with Crippen LogP contribution < -0.4 is 4.90 Å². The second kappa shape index (κ2) is 6.77. The van der Waals surface area contributed by atoms with Crippen molar-refractivity contribution in [2.45, 2.75) is 38.1 Å². The van der Waals surface area contributed by atoms with E-state index in [0.717, 1.165) is 35.8 Å². The van der Waals surface area contributed by atoms with Gasteiger partial charge in [-0.3, -0.25) is 4.79 Å². The molecule has 1 aromatic rings. The number of amides is 1. The average molecular weight is 398 g/mol. The lowest BCUT2D eigenvalue weighted by Crippen LogP contribution is -2.44. The summed E-state index contributed by atoms with van der Waals surface area (Å²) >= 11 is 3.40. The molecule has 1 heterocycles. The van der Waals surface area contributed by atoms with Gasteiger partial charge >= 0.3 is 0 Å². The Hall–Kier alpha value is -1.14. The van der Waals surface area contributed by atoms with Crippen LogP contribution in [0.3, 0.4) is 0 Å². The Kier molecular flexibility index (Phi) is 4.92. The molecule has 6 heteroatoms. The molecule has 0 spiro atoms. The highest BCUT2D eigenvalue weighted by Gasteiger charge is 2.35. The molecule has 0 saturated heterocycles. The van der Waals surface area contributed by atoms with Gasteiger partial charge in [0.2, 0.25) is 5.91 Å². The molecule has 0 aromatic heterocycles. The van der Waals surface area contributed by atoms with Crippen LogP contribution in [0.2, 0.25) is 0 Å². The first-order valence-electron chi connectivity index (χ1n) is 7.96.